The Kier molecular flexibility index (Phi) is 9.83. The molecule has 0 spiro atoms. The highest BCUT2D eigenvalue weighted by Crippen LogP contribution is 2.30. The van der Waals surface area contributed by atoms with Gasteiger partial charge in [0.1, 0.15) is 12.1 Å². The second-order valence-corrected chi connectivity index (χ2v) is 13.1. The van der Waals surface area contributed by atoms with Gasteiger partial charge in [-0.25, -0.2) is 8.42 Å². The van der Waals surface area contributed by atoms with Crippen molar-refractivity contribution in [2.24, 2.45) is 5.92 Å². The number of carbonyl (C=O) groups excluding carboxylic acids is 3. The summed E-state index contributed by atoms with van der Waals surface area (Å²) in [6, 6.07) is 13.4. The van der Waals surface area contributed by atoms with Gasteiger partial charge in [0.05, 0.1) is 17.0 Å². The predicted octanol–water partition coefficient (Wildman–Crippen LogP) is 1.83. The molecule has 1 fully saturated rings. The predicted molar refractivity (Wildman–Crippen MR) is 156 cm³/mol. The van der Waals surface area contributed by atoms with Gasteiger partial charge < -0.3 is 20.9 Å². The van der Waals surface area contributed by atoms with Crippen LogP contribution >= 0.6 is 0 Å². The smallest absolute Gasteiger partial charge is 0.246 e. The van der Waals surface area contributed by atoms with Crippen LogP contribution in [0.5, 0.6) is 0 Å². The lowest BCUT2D eigenvalue weighted by Gasteiger charge is -2.42. The van der Waals surface area contributed by atoms with Crippen LogP contribution in [0.4, 0.5) is 0 Å². The van der Waals surface area contributed by atoms with E-state index in [0.29, 0.717) is 0 Å². The Morgan fingerprint density at radius 3 is 2.32 bits per heavy atom. The highest BCUT2D eigenvalue weighted by molar-refractivity contribution is 7.89. The second-order valence-electron chi connectivity index (χ2n) is 11.1. The van der Waals surface area contributed by atoms with Crippen LogP contribution in [0.15, 0.2) is 59.5 Å². The minimum absolute atomic E-state index is 0.0188. The van der Waals surface area contributed by atoms with Crippen molar-refractivity contribution in [1.29, 1.82) is 0 Å². The molecule has 4 rings (SSSR count). The molecule has 0 radical (unpaired) electrons. The number of hydrogen-bond donors (Lipinski definition) is 3. The average Bonchev–Trinajstić information content (AvgIpc) is 2.99. The third-order valence-electron chi connectivity index (χ3n) is 8.05. The van der Waals surface area contributed by atoms with Gasteiger partial charge in [-0.2, -0.15) is 4.31 Å². The zero-order chi connectivity index (χ0) is 29.7. The standard InChI is InChI=1S/C30H41N5O5S/c1-20(2)27(33-28(36)21(3)31-4)30(38)35-18-17-34(41(39,40)23-13-6-5-7-14-23)19-26(35)29(37)32-25-16-10-12-22-11-8-9-15-24(22)25/h5-9,11,13-15,20-21,25-27,31H,10,12,16-19H2,1-4H3,(H,32,37)(H,33,36)/t21-,25+,26-,27-/m0/s1. The quantitative estimate of drug-likeness (QED) is 0.413. The molecule has 0 unspecified atom stereocenters. The Bertz CT molecular complexity index is 1350. The van der Waals surface area contributed by atoms with Crippen molar-refractivity contribution in [3.8, 4) is 0 Å². The van der Waals surface area contributed by atoms with Gasteiger partial charge in [-0.3, -0.25) is 14.4 Å². The van der Waals surface area contributed by atoms with E-state index in [1.807, 2.05) is 32.0 Å². The largest absolute Gasteiger partial charge is 0.347 e. The highest BCUT2D eigenvalue weighted by atomic mass is 32.2. The molecule has 1 heterocycles. The summed E-state index contributed by atoms with van der Waals surface area (Å²) in [5.74, 6) is -1.40. The van der Waals surface area contributed by atoms with Crippen molar-refractivity contribution >= 4 is 27.7 Å². The summed E-state index contributed by atoms with van der Waals surface area (Å²) in [5.41, 5.74) is 2.22. The summed E-state index contributed by atoms with van der Waals surface area (Å²) in [4.78, 5) is 42.2. The van der Waals surface area contributed by atoms with Crippen LogP contribution in [-0.2, 0) is 30.8 Å². The van der Waals surface area contributed by atoms with Crippen molar-refractivity contribution < 1.29 is 22.8 Å². The van der Waals surface area contributed by atoms with Crippen LogP contribution in [-0.4, -0.2) is 80.2 Å². The van der Waals surface area contributed by atoms with Crippen molar-refractivity contribution in [3.63, 3.8) is 0 Å². The van der Waals surface area contributed by atoms with Gasteiger partial charge in [-0.1, -0.05) is 56.3 Å². The summed E-state index contributed by atoms with van der Waals surface area (Å²) >= 11 is 0. The number of amides is 3. The molecule has 4 atom stereocenters. The fraction of sp³-hybridized carbons (Fsp3) is 0.500. The number of aryl methyl sites for hydroxylation is 1. The highest BCUT2D eigenvalue weighted by Gasteiger charge is 2.43. The molecule has 41 heavy (non-hydrogen) atoms. The van der Waals surface area contributed by atoms with Crippen molar-refractivity contribution in [3.05, 3.63) is 65.7 Å². The third kappa shape index (κ3) is 6.79. The number of piperazine rings is 1. The number of hydrogen-bond acceptors (Lipinski definition) is 6. The lowest BCUT2D eigenvalue weighted by atomic mass is 9.87. The van der Waals surface area contributed by atoms with Gasteiger partial charge in [-0.05, 0) is 62.4 Å². The minimum Gasteiger partial charge on any atom is -0.347 e. The van der Waals surface area contributed by atoms with E-state index in [1.165, 1.54) is 26.9 Å². The third-order valence-corrected chi connectivity index (χ3v) is 9.93. The van der Waals surface area contributed by atoms with Crippen molar-refractivity contribution in [2.75, 3.05) is 26.7 Å². The number of carbonyl (C=O) groups is 3. The average molecular weight is 584 g/mol. The van der Waals surface area contributed by atoms with Crippen LogP contribution in [0.3, 0.4) is 0 Å². The number of benzene rings is 2. The Morgan fingerprint density at radius 1 is 0.951 bits per heavy atom. The van der Waals surface area contributed by atoms with E-state index in [-0.39, 0.29) is 42.4 Å². The van der Waals surface area contributed by atoms with Gasteiger partial charge >= 0.3 is 0 Å². The van der Waals surface area contributed by atoms with E-state index in [2.05, 4.69) is 22.0 Å². The van der Waals surface area contributed by atoms with Gasteiger partial charge in [0.2, 0.25) is 27.7 Å². The molecule has 1 aliphatic carbocycles. The van der Waals surface area contributed by atoms with Crippen LogP contribution < -0.4 is 16.0 Å². The zero-order valence-electron chi connectivity index (χ0n) is 24.2. The molecule has 1 saturated heterocycles. The van der Waals surface area contributed by atoms with E-state index < -0.39 is 40.0 Å². The Labute approximate surface area is 242 Å². The molecule has 2 aliphatic rings. The van der Waals surface area contributed by atoms with Crippen LogP contribution in [0.1, 0.15) is 50.8 Å². The fourth-order valence-corrected chi connectivity index (χ4v) is 6.94. The molecular weight excluding hydrogens is 542 g/mol. The van der Waals surface area contributed by atoms with Gasteiger partial charge in [-0.15, -0.1) is 0 Å². The maximum atomic E-state index is 14.0. The number of nitrogens with one attached hydrogen (secondary N) is 3. The summed E-state index contributed by atoms with van der Waals surface area (Å²) in [5, 5.41) is 8.83. The summed E-state index contributed by atoms with van der Waals surface area (Å²) in [7, 11) is -2.23. The molecule has 11 heteroatoms. The van der Waals surface area contributed by atoms with Gasteiger partial charge in [0.25, 0.3) is 0 Å². The molecule has 1 aliphatic heterocycles. The molecule has 2 aromatic carbocycles. The molecule has 2 aromatic rings. The first kappa shape index (κ1) is 30.7. The summed E-state index contributed by atoms with van der Waals surface area (Å²) in [6.45, 7) is 5.22. The van der Waals surface area contributed by atoms with Crippen LogP contribution in [0.2, 0.25) is 0 Å². The molecule has 0 bridgehead atoms. The first-order valence-corrected chi connectivity index (χ1v) is 15.7. The topological polar surface area (TPSA) is 128 Å². The number of likely N-dealkylation sites (N-methyl/N-ethyl adjacent to an activating group) is 1. The molecule has 3 N–H and O–H groups in total. The fourth-order valence-electron chi connectivity index (χ4n) is 5.48. The first-order valence-electron chi connectivity index (χ1n) is 14.3. The Hall–Kier alpha value is -3.28. The number of rotatable bonds is 9. The molecule has 222 valence electrons. The molecule has 3 amide bonds. The molecule has 10 nitrogen and oxygen atoms in total. The zero-order valence-corrected chi connectivity index (χ0v) is 25.0. The van der Waals surface area contributed by atoms with E-state index in [1.54, 1.807) is 32.2 Å². The Morgan fingerprint density at radius 2 is 1.63 bits per heavy atom. The van der Waals surface area contributed by atoms with E-state index in [0.717, 1.165) is 24.8 Å². The summed E-state index contributed by atoms with van der Waals surface area (Å²) in [6.07, 6.45) is 2.59. The minimum atomic E-state index is -3.89. The first-order chi connectivity index (χ1) is 19.5. The van der Waals surface area contributed by atoms with Crippen molar-refractivity contribution in [1.82, 2.24) is 25.2 Å². The molecule has 0 aromatic heterocycles. The number of fused-ring (bicyclic) bond motifs is 1. The summed E-state index contributed by atoms with van der Waals surface area (Å²) < 4.78 is 28.3. The SMILES string of the molecule is CN[C@@H](C)C(=O)N[C@H](C(=O)N1CCN(S(=O)(=O)c2ccccc2)C[C@H]1C(=O)N[C@@H]1CCCc2ccccc21)C(C)C. The van der Waals surface area contributed by atoms with Gasteiger partial charge in [0, 0.05) is 19.6 Å². The lowest BCUT2D eigenvalue weighted by molar-refractivity contribution is -0.146. The van der Waals surface area contributed by atoms with E-state index >= 15 is 0 Å². The number of sulfonamides is 1. The second kappa shape index (κ2) is 13.1. The van der Waals surface area contributed by atoms with Gasteiger partial charge in [0.15, 0.2) is 0 Å². The maximum Gasteiger partial charge on any atom is 0.246 e. The number of nitrogens with zero attached hydrogens (tertiary/aromatic N) is 2. The lowest BCUT2D eigenvalue weighted by Crippen LogP contribution is -2.65. The Balaban J connectivity index is 1.63. The monoisotopic (exact) mass is 583 g/mol. The van der Waals surface area contributed by atoms with E-state index in [9.17, 15) is 22.8 Å². The van der Waals surface area contributed by atoms with Crippen LogP contribution in [0, 0.1) is 5.92 Å². The molecule has 0 saturated carbocycles. The van der Waals surface area contributed by atoms with Crippen molar-refractivity contribution in [2.45, 2.75) is 69.1 Å². The molecular formula is C30H41N5O5S. The van der Waals surface area contributed by atoms with Crippen LogP contribution in [0.25, 0.3) is 0 Å². The maximum absolute atomic E-state index is 14.0. The van der Waals surface area contributed by atoms with E-state index in [4.69, 9.17) is 0 Å². The normalized spacial score (nSPS) is 21.0.